The lowest BCUT2D eigenvalue weighted by molar-refractivity contribution is -0.192. The van der Waals surface area contributed by atoms with Crippen molar-refractivity contribution >= 4 is 21.9 Å². The molecule has 2 aliphatic rings. The fraction of sp³-hybridized carbons (Fsp3) is 0.680. The summed E-state index contributed by atoms with van der Waals surface area (Å²) < 4.78 is 71.2. The molecule has 2 aliphatic heterocycles. The number of aliphatic carboxylic acids is 1. The molecule has 1 aromatic carbocycles. The highest BCUT2D eigenvalue weighted by Crippen LogP contribution is 2.31. The lowest BCUT2D eigenvalue weighted by Gasteiger charge is -2.30. The molecule has 2 fully saturated rings. The lowest BCUT2D eigenvalue weighted by atomic mass is 10.1. The first-order valence-electron chi connectivity index (χ1n) is 13.1. The van der Waals surface area contributed by atoms with Crippen LogP contribution in [0.2, 0.25) is 0 Å². The Morgan fingerprint density at radius 1 is 1.02 bits per heavy atom. The summed E-state index contributed by atoms with van der Waals surface area (Å²) in [5.41, 5.74) is 0. The minimum Gasteiger partial charge on any atom is -0.497 e. The van der Waals surface area contributed by atoms with Gasteiger partial charge < -0.3 is 29.7 Å². The van der Waals surface area contributed by atoms with Crippen molar-refractivity contribution in [1.29, 1.82) is 0 Å². The molecule has 2 saturated heterocycles. The van der Waals surface area contributed by atoms with E-state index in [1.54, 1.807) is 17.0 Å². The molecule has 0 unspecified atom stereocenters. The van der Waals surface area contributed by atoms with E-state index in [9.17, 15) is 26.4 Å². The summed E-state index contributed by atoms with van der Waals surface area (Å²) in [5, 5.41) is 10.4. The summed E-state index contributed by atoms with van der Waals surface area (Å²) >= 11 is 0. The number of nitrogens with zero attached hydrogens (tertiary/aromatic N) is 3. The molecule has 0 saturated carbocycles. The number of benzene rings is 1. The standard InChI is InChI=1S/C23H38N4O5S.C2HF3O2/c1-31-20-7-8-21(32-2)22(19-20)33(29,30)27(15-6-14-25-12-4-3-5-13-25)16-9-23(28)26-17-10-24-11-18-26;3-2(4,5)1(6)7/h7-8,19,24H,3-6,9-18H2,1-2H3;(H,6,7). The maximum absolute atomic E-state index is 13.7. The van der Waals surface area contributed by atoms with E-state index in [0.717, 1.165) is 32.7 Å². The highest BCUT2D eigenvalue weighted by molar-refractivity contribution is 7.89. The van der Waals surface area contributed by atoms with Gasteiger partial charge in [-0.2, -0.15) is 17.5 Å². The third-order valence-electron chi connectivity index (χ3n) is 6.61. The third-order valence-corrected chi connectivity index (χ3v) is 8.53. The average Bonchev–Trinajstić information content (AvgIpc) is 2.95. The molecule has 40 heavy (non-hydrogen) atoms. The number of sulfonamides is 1. The number of ether oxygens (including phenoxy) is 2. The molecule has 15 heteroatoms. The second-order valence-corrected chi connectivity index (χ2v) is 11.3. The Hall–Kier alpha value is -2.62. The fourth-order valence-corrected chi connectivity index (χ4v) is 6.07. The Labute approximate surface area is 233 Å². The Bertz CT molecular complexity index is 1060. The van der Waals surface area contributed by atoms with Crippen molar-refractivity contribution in [2.75, 3.05) is 73.1 Å². The zero-order chi connectivity index (χ0) is 29.8. The first-order valence-corrected chi connectivity index (χ1v) is 14.6. The summed E-state index contributed by atoms with van der Waals surface area (Å²) in [6.45, 7) is 6.34. The van der Waals surface area contributed by atoms with Crippen molar-refractivity contribution in [3.63, 3.8) is 0 Å². The van der Waals surface area contributed by atoms with Crippen LogP contribution in [0.5, 0.6) is 11.5 Å². The molecular formula is C25H39F3N4O7S. The number of carboxylic acids is 1. The number of nitrogens with one attached hydrogen (secondary N) is 1. The molecular weight excluding hydrogens is 557 g/mol. The fourth-order valence-electron chi connectivity index (χ4n) is 4.42. The van der Waals surface area contributed by atoms with Crippen molar-refractivity contribution in [1.82, 2.24) is 19.4 Å². The predicted octanol–water partition coefficient (Wildman–Crippen LogP) is 2.03. The highest BCUT2D eigenvalue weighted by atomic mass is 32.2. The molecule has 1 amide bonds. The quantitative estimate of drug-likeness (QED) is 0.394. The van der Waals surface area contributed by atoms with Crippen LogP contribution in [-0.4, -0.2) is 119 Å². The van der Waals surface area contributed by atoms with Gasteiger partial charge in [-0.3, -0.25) is 4.79 Å². The Kier molecular flexibility index (Phi) is 13.4. The van der Waals surface area contributed by atoms with Gasteiger partial charge in [0.1, 0.15) is 16.4 Å². The number of hydrogen-bond acceptors (Lipinski definition) is 8. The van der Waals surface area contributed by atoms with Crippen molar-refractivity contribution in [2.45, 2.75) is 43.2 Å². The van der Waals surface area contributed by atoms with Gasteiger partial charge in [-0.1, -0.05) is 6.42 Å². The van der Waals surface area contributed by atoms with Crippen LogP contribution in [0.25, 0.3) is 0 Å². The normalized spacial score (nSPS) is 16.7. The molecule has 0 bridgehead atoms. The highest BCUT2D eigenvalue weighted by Gasteiger charge is 2.38. The molecule has 0 atom stereocenters. The minimum absolute atomic E-state index is 0.00895. The van der Waals surface area contributed by atoms with Gasteiger partial charge in [0.05, 0.1) is 14.2 Å². The number of methoxy groups -OCH3 is 2. The van der Waals surface area contributed by atoms with E-state index in [0.29, 0.717) is 31.8 Å². The molecule has 2 heterocycles. The van der Waals surface area contributed by atoms with Gasteiger partial charge in [-0.25, -0.2) is 13.2 Å². The Balaban J connectivity index is 0.000000708. The lowest BCUT2D eigenvalue weighted by Crippen LogP contribution is -2.47. The number of piperazine rings is 1. The van der Waals surface area contributed by atoms with Gasteiger partial charge in [0.2, 0.25) is 15.9 Å². The number of carbonyl (C=O) groups excluding carboxylic acids is 1. The monoisotopic (exact) mass is 596 g/mol. The van der Waals surface area contributed by atoms with Crippen LogP contribution in [0.1, 0.15) is 32.1 Å². The van der Waals surface area contributed by atoms with E-state index >= 15 is 0 Å². The van der Waals surface area contributed by atoms with Crippen LogP contribution in [0.3, 0.4) is 0 Å². The van der Waals surface area contributed by atoms with Crippen LogP contribution < -0.4 is 14.8 Å². The van der Waals surface area contributed by atoms with Gasteiger partial charge in [-0.15, -0.1) is 0 Å². The van der Waals surface area contributed by atoms with Gasteiger partial charge in [0, 0.05) is 51.8 Å². The van der Waals surface area contributed by atoms with Gasteiger partial charge in [0.15, 0.2) is 0 Å². The number of carbonyl (C=O) groups is 2. The number of rotatable bonds is 11. The third kappa shape index (κ3) is 10.4. The summed E-state index contributed by atoms with van der Waals surface area (Å²) in [6.07, 6.45) is -0.548. The smallest absolute Gasteiger partial charge is 0.490 e. The molecule has 0 aromatic heterocycles. The van der Waals surface area contributed by atoms with Gasteiger partial charge in [-0.05, 0) is 51.0 Å². The number of hydrogen-bond donors (Lipinski definition) is 2. The molecule has 228 valence electrons. The molecule has 0 aliphatic carbocycles. The number of amides is 1. The minimum atomic E-state index is -5.08. The van der Waals surface area contributed by atoms with Crippen LogP contribution in [0, 0.1) is 0 Å². The van der Waals surface area contributed by atoms with E-state index in [1.165, 1.54) is 43.9 Å². The maximum Gasteiger partial charge on any atom is 0.490 e. The predicted molar refractivity (Wildman–Crippen MR) is 141 cm³/mol. The van der Waals surface area contributed by atoms with E-state index in [-0.39, 0.29) is 29.5 Å². The van der Waals surface area contributed by atoms with Gasteiger partial charge >= 0.3 is 12.1 Å². The van der Waals surface area contributed by atoms with Crippen LogP contribution in [0.15, 0.2) is 23.1 Å². The Morgan fingerprint density at radius 2 is 1.65 bits per heavy atom. The Morgan fingerprint density at radius 3 is 2.20 bits per heavy atom. The summed E-state index contributed by atoms with van der Waals surface area (Å²) in [7, 11) is -0.924. The van der Waals surface area contributed by atoms with Crippen molar-refractivity contribution in [3.05, 3.63) is 18.2 Å². The first-order chi connectivity index (χ1) is 18.9. The van der Waals surface area contributed by atoms with Crippen LogP contribution in [-0.2, 0) is 19.6 Å². The number of piperidine rings is 1. The SMILES string of the molecule is COc1ccc(OC)c(S(=O)(=O)N(CCCN2CCCCC2)CCC(=O)N2CCNCC2)c1.O=C(O)C(F)(F)F. The van der Waals surface area contributed by atoms with Crippen LogP contribution >= 0.6 is 0 Å². The largest absolute Gasteiger partial charge is 0.497 e. The van der Waals surface area contributed by atoms with Crippen molar-refractivity contribution in [3.8, 4) is 11.5 Å². The molecule has 11 nitrogen and oxygen atoms in total. The van der Waals surface area contributed by atoms with Crippen molar-refractivity contribution < 1.29 is 45.8 Å². The average molecular weight is 597 g/mol. The van der Waals surface area contributed by atoms with E-state index < -0.39 is 22.2 Å². The van der Waals surface area contributed by atoms with E-state index in [1.807, 2.05) is 0 Å². The number of alkyl halides is 3. The van der Waals surface area contributed by atoms with Crippen molar-refractivity contribution in [2.24, 2.45) is 0 Å². The molecule has 0 radical (unpaired) electrons. The van der Waals surface area contributed by atoms with Gasteiger partial charge in [0.25, 0.3) is 0 Å². The maximum atomic E-state index is 13.7. The summed E-state index contributed by atoms with van der Waals surface area (Å²) in [6, 6.07) is 4.76. The molecule has 2 N–H and O–H groups in total. The second-order valence-electron chi connectivity index (χ2n) is 9.36. The number of likely N-dealkylation sites (tertiary alicyclic amines) is 1. The van der Waals surface area contributed by atoms with Crippen LogP contribution in [0.4, 0.5) is 13.2 Å². The topological polar surface area (TPSA) is 129 Å². The molecule has 3 rings (SSSR count). The number of carboxylic acid groups (broad SMARTS) is 1. The summed E-state index contributed by atoms with van der Waals surface area (Å²) in [4.78, 5) is 25.9. The molecule has 0 spiro atoms. The van der Waals surface area contributed by atoms with E-state index in [4.69, 9.17) is 19.4 Å². The first kappa shape index (κ1) is 33.6. The summed E-state index contributed by atoms with van der Waals surface area (Å²) in [5.74, 6) is -2.05. The number of halogens is 3. The second kappa shape index (κ2) is 16.0. The van der Waals surface area contributed by atoms with E-state index in [2.05, 4.69) is 10.2 Å². The molecule has 1 aromatic rings. The zero-order valence-corrected chi connectivity index (χ0v) is 23.7. The zero-order valence-electron chi connectivity index (χ0n) is 22.9.